The van der Waals surface area contributed by atoms with Gasteiger partial charge in [-0.05, 0) is 53.7 Å². The second-order valence-electron chi connectivity index (χ2n) is 5.57. The molecule has 6 nitrogen and oxygen atoms in total. The third-order valence-electron chi connectivity index (χ3n) is 3.74. The number of carbonyl (C=O) groups excluding carboxylic acids is 3. The molecule has 8 heteroatoms. The van der Waals surface area contributed by atoms with Gasteiger partial charge in [0.1, 0.15) is 12.3 Å². The van der Waals surface area contributed by atoms with E-state index in [0.29, 0.717) is 11.4 Å². The van der Waals surface area contributed by atoms with E-state index in [2.05, 4.69) is 21.2 Å². The van der Waals surface area contributed by atoms with Gasteiger partial charge in [-0.2, -0.15) is 0 Å². The molecule has 3 amide bonds. The van der Waals surface area contributed by atoms with Gasteiger partial charge in [0.15, 0.2) is 0 Å². The summed E-state index contributed by atoms with van der Waals surface area (Å²) in [5.41, 5.74) is 1.34. The van der Waals surface area contributed by atoms with Crippen LogP contribution in [-0.2, 0) is 9.59 Å². The molecule has 0 aromatic heterocycles. The third-order valence-corrected chi connectivity index (χ3v) is 5.37. The second kappa shape index (κ2) is 8.41. The lowest BCUT2D eigenvalue weighted by atomic mass is 10.2. The Balaban J connectivity index is 1.68. The molecule has 0 atom stereocenters. The van der Waals surface area contributed by atoms with Crippen molar-refractivity contribution in [3.05, 3.63) is 63.5 Å². The van der Waals surface area contributed by atoms with Gasteiger partial charge in [0.05, 0.1) is 12.0 Å². The molecule has 1 aliphatic heterocycles. The number of ether oxygens (including phenoxy) is 1. The molecule has 0 spiro atoms. The molecule has 0 saturated carbocycles. The summed E-state index contributed by atoms with van der Waals surface area (Å²) in [5.74, 6) is -0.272. The monoisotopic (exact) mass is 446 g/mol. The number of thioether (sulfide) groups is 1. The molecule has 1 heterocycles. The number of hydrogen-bond donors (Lipinski definition) is 1. The Hall–Kier alpha value is -2.58. The van der Waals surface area contributed by atoms with Crippen LogP contribution in [0.1, 0.15) is 5.56 Å². The van der Waals surface area contributed by atoms with Crippen molar-refractivity contribution in [2.24, 2.45) is 0 Å². The summed E-state index contributed by atoms with van der Waals surface area (Å²) in [7, 11) is 1.55. The third kappa shape index (κ3) is 4.58. The molecule has 1 aliphatic rings. The van der Waals surface area contributed by atoms with Crippen molar-refractivity contribution in [3.8, 4) is 5.75 Å². The zero-order valence-corrected chi connectivity index (χ0v) is 16.7. The van der Waals surface area contributed by atoms with Crippen LogP contribution in [0.25, 0.3) is 6.08 Å². The molecular weight excluding hydrogens is 432 g/mol. The predicted octanol–water partition coefficient (Wildman–Crippen LogP) is 4.13. The van der Waals surface area contributed by atoms with Crippen LogP contribution in [0.2, 0.25) is 0 Å². The van der Waals surface area contributed by atoms with Gasteiger partial charge in [0.2, 0.25) is 5.91 Å². The van der Waals surface area contributed by atoms with Crippen LogP contribution in [0.5, 0.6) is 5.75 Å². The SMILES string of the molecule is COc1ccc(NC(=O)CN2C(=O)S/C(=C/c3ccccc3Br)C2=O)cc1. The van der Waals surface area contributed by atoms with E-state index in [4.69, 9.17) is 4.74 Å². The van der Waals surface area contributed by atoms with Gasteiger partial charge in [-0.25, -0.2) is 0 Å². The van der Waals surface area contributed by atoms with Gasteiger partial charge < -0.3 is 10.1 Å². The summed E-state index contributed by atoms with van der Waals surface area (Å²) in [4.78, 5) is 38.1. The first-order valence-electron chi connectivity index (χ1n) is 7.92. The van der Waals surface area contributed by atoms with Crippen LogP contribution in [0.4, 0.5) is 10.5 Å². The Bertz CT molecular complexity index is 928. The maximum absolute atomic E-state index is 12.5. The summed E-state index contributed by atoms with van der Waals surface area (Å²) < 4.78 is 5.87. The molecule has 0 radical (unpaired) electrons. The van der Waals surface area contributed by atoms with Gasteiger partial charge in [-0.1, -0.05) is 34.1 Å². The largest absolute Gasteiger partial charge is 0.497 e. The van der Waals surface area contributed by atoms with Gasteiger partial charge >= 0.3 is 0 Å². The first-order valence-corrected chi connectivity index (χ1v) is 9.52. The molecule has 1 saturated heterocycles. The predicted molar refractivity (Wildman–Crippen MR) is 108 cm³/mol. The van der Waals surface area contributed by atoms with Crippen LogP contribution in [-0.4, -0.2) is 35.6 Å². The number of amides is 3. The number of imide groups is 1. The van der Waals surface area contributed by atoms with Crippen molar-refractivity contribution >= 4 is 56.5 Å². The lowest BCUT2D eigenvalue weighted by molar-refractivity contribution is -0.127. The Labute approximate surface area is 168 Å². The zero-order chi connectivity index (χ0) is 19.4. The van der Waals surface area contributed by atoms with E-state index in [1.807, 2.05) is 24.3 Å². The van der Waals surface area contributed by atoms with Crippen molar-refractivity contribution in [3.63, 3.8) is 0 Å². The van der Waals surface area contributed by atoms with Crippen molar-refractivity contribution < 1.29 is 19.1 Å². The molecule has 2 aromatic carbocycles. The number of rotatable bonds is 5. The normalized spacial score (nSPS) is 15.3. The molecule has 0 aliphatic carbocycles. The van der Waals surface area contributed by atoms with Gasteiger partial charge in [-0.15, -0.1) is 0 Å². The maximum Gasteiger partial charge on any atom is 0.294 e. The summed E-state index contributed by atoms with van der Waals surface area (Å²) in [6, 6.07) is 14.1. The average Bonchev–Trinajstić information content (AvgIpc) is 2.91. The van der Waals surface area contributed by atoms with Gasteiger partial charge in [0, 0.05) is 10.2 Å². The van der Waals surface area contributed by atoms with Crippen LogP contribution in [0.3, 0.4) is 0 Å². The van der Waals surface area contributed by atoms with Gasteiger partial charge in [0.25, 0.3) is 11.1 Å². The zero-order valence-electron chi connectivity index (χ0n) is 14.3. The highest BCUT2D eigenvalue weighted by Crippen LogP contribution is 2.33. The van der Waals surface area contributed by atoms with Crippen molar-refractivity contribution in [1.82, 2.24) is 4.90 Å². The van der Waals surface area contributed by atoms with Gasteiger partial charge in [-0.3, -0.25) is 19.3 Å². The maximum atomic E-state index is 12.5. The van der Waals surface area contributed by atoms with Crippen LogP contribution < -0.4 is 10.1 Å². The standard InChI is InChI=1S/C19H15BrN2O4S/c1-26-14-8-6-13(7-9-14)21-17(23)11-22-18(24)16(27-19(22)25)10-12-4-2-3-5-15(12)20/h2-10H,11H2,1H3,(H,21,23)/b16-10+. The van der Waals surface area contributed by atoms with Crippen molar-refractivity contribution in [2.75, 3.05) is 19.0 Å². The number of benzene rings is 2. The molecule has 138 valence electrons. The van der Waals surface area contributed by atoms with E-state index < -0.39 is 17.1 Å². The topological polar surface area (TPSA) is 75.7 Å². The van der Waals surface area contributed by atoms with Crippen LogP contribution >= 0.6 is 27.7 Å². The van der Waals surface area contributed by atoms with E-state index in [9.17, 15) is 14.4 Å². The minimum absolute atomic E-state index is 0.282. The number of methoxy groups -OCH3 is 1. The minimum atomic E-state index is -0.481. The summed E-state index contributed by atoms with van der Waals surface area (Å²) in [5, 5.41) is 2.19. The Morgan fingerprint density at radius 3 is 2.56 bits per heavy atom. The fourth-order valence-electron chi connectivity index (χ4n) is 2.39. The quantitative estimate of drug-likeness (QED) is 0.698. The van der Waals surface area contributed by atoms with E-state index in [0.717, 1.165) is 26.7 Å². The molecule has 2 aromatic rings. The van der Waals surface area contributed by atoms with E-state index in [1.165, 1.54) is 0 Å². The molecule has 1 N–H and O–H groups in total. The number of hydrogen-bond acceptors (Lipinski definition) is 5. The fourth-order valence-corrected chi connectivity index (χ4v) is 3.62. The second-order valence-corrected chi connectivity index (χ2v) is 7.41. The van der Waals surface area contributed by atoms with Crippen LogP contribution in [0.15, 0.2) is 57.9 Å². The summed E-state index contributed by atoms with van der Waals surface area (Å²) >= 11 is 4.22. The Morgan fingerprint density at radius 1 is 1.19 bits per heavy atom. The minimum Gasteiger partial charge on any atom is -0.497 e. The van der Waals surface area contributed by atoms with Crippen LogP contribution in [0, 0.1) is 0 Å². The number of anilines is 1. The smallest absolute Gasteiger partial charge is 0.294 e. The fraction of sp³-hybridized carbons (Fsp3) is 0.105. The Kier molecular flexibility index (Phi) is 5.98. The summed E-state index contributed by atoms with van der Waals surface area (Å²) in [6.45, 7) is -0.343. The molecule has 1 fully saturated rings. The lowest BCUT2D eigenvalue weighted by Gasteiger charge is -2.12. The lowest BCUT2D eigenvalue weighted by Crippen LogP contribution is -2.36. The molecule has 27 heavy (non-hydrogen) atoms. The first-order chi connectivity index (χ1) is 13.0. The Morgan fingerprint density at radius 2 is 1.89 bits per heavy atom. The number of carbonyl (C=O) groups is 3. The number of halogens is 1. The first kappa shape index (κ1) is 19.2. The highest BCUT2D eigenvalue weighted by molar-refractivity contribution is 9.10. The number of nitrogens with one attached hydrogen (secondary N) is 1. The van der Waals surface area contributed by atoms with E-state index >= 15 is 0 Å². The van der Waals surface area contributed by atoms with E-state index in [-0.39, 0.29) is 11.4 Å². The number of nitrogens with zero attached hydrogens (tertiary/aromatic N) is 1. The molecule has 0 bridgehead atoms. The molecular formula is C19H15BrN2O4S. The molecule has 0 unspecified atom stereocenters. The van der Waals surface area contributed by atoms with Crippen molar-refractivity contribution in [2.45, 2.75) is 0 Å². The summed E-state index contributed by atoms with van der Waals surface area (Å²) in [6.07, 6.45) is 1.64. The van der Waals surface area contributed by atoms with E-state index in [1.54, 1.807) is 37.5 Å². The highest BCUT2D eigenvalue weighted by Gasteiger charge is 2.36. The average molecular weight is 447 g/mol. The molecule has 3 rings (SSSR count). The highest BCUT2D eigenvalue weighted by atomic mass is 79.9. The van der Waals surface area contributed by atoms with Crippen molar-refractivity contribution in [1.29, 1.82) is 0 Å².